The number of hydrogen-bond donors (Lipinski definition) is 2. The predicted molar refractivity (Wildman–Crippen MR) is 129 cm³/mol. The van der Waals surface area contributed by atoms with E-state index in [-0.39, 0.29) is 16.4 Å². The molecule has 0 radical (unpaired) electrons. The van der Waals surface area contributed by atoms with Gasteiger partial charge in [-0.05, 0) is 47.8 Å². The van der Waals surface area contributed by atoms with Crippen LogP contribution in [0.5, 0.6) is 0 Å². The molecule has 0 saturated carbocycles. The summed E-state index contributed by atoms with van der Waals surface area (Å²) < 4.78 is 28.7. The van der Waals surface area contributed by atoms with Gasteiger partial charge in [0, 0.05) is 18.6 Å². The Morgan fingerprint density at radius 3 is 2.58 bits per heavy atom. The molecular weight excluding hydrogens is 480 g/mol. The van der Waals surface area contributed by atoms with Crippen molar-refractivity contribution in [1.82, 2.24) is 4.98 Å². The first-order chi connectivity index (χ1) is 15.7. The lowest BCUT2D eigenvalue weighted by molar-refractivity contribution is -0.114. The van der Waals surface area contributed by atoms with Crippen LogP contribution in [-0.2, 0) is 14.8 Å². The Hall–Kier alpha value is -3.56. The second kappa shape index (κ2) is 9.13. The number of amides is 1. The third-order valence-corrected chi connectivity index (χ3v) is 7.21. The van der Waals surface area contributed by atoms with Crippen LogP contribution < -0.4 is 10.5 Å². The molecule has 0 saturated heterocycles. The predicted octanol–water partition coefficient (Wildman–Crippen LogP) is 4.80. The quantitative estimate of drug-likeness (QED) is 0.368. The number of primary sulfonamides is 1. The third kappa shape index (κ3) is 5.10. The lowest BCUT2D eigenvalue weighted by Crippen LogP contribution is -2.11. The average molecular weight is 497 g/mol. The van der Waals surface area contributed by atoms with Crippen molar-refractivity contribution in [2.75, 3.05) is 5.32 Å². The van der Waals surface area contributed by atoms with E-state index in [9.17, 15) is 18.5 Å². The molecule has 0 unspecified atom stereocenters. The second-order valence-electron chi connectivity index (χ2n) is 6.80. The first-order valence-corrected chi connectivity index (χ1v) is 12.7. The number of hydrogen-bond acceptors (Lipinski definition) is 8. The fourth-order valence-corrected chi connectivity index (χ4v) is 5.23. The van der Waals surface area contributed by atoms with Gasteiger partial charge in [0.25, 0.3) is 0 Å². The highest BCUT2D eigenvalue weighted by atomic mass is 32.2. The normalized spacial score (nSPS) is 11.8. The van der Waals surface area contributed by atoms with E-state index in [1.54, 1.807) is 30.3 Å². The molecular formula is C22H16N4O4S3. The highest BCUT2D eigenvalue weighted by Gasteiger charge is 2.18. The third-order valence-electron chi connectivity index (χ3n) is 4.40. The zero-order valence-corrected chi connectivity index (χ0v) is 19.6. The summed E-state index contributed by atoms with van der Waals surface area (Å²) in [6.07, 6.45) is 1.57. The monoisotopic (exact) mass is 496 g/mol. The van der Waals surface area contributed by atoms with Crippen LogP contribution in [0, 0.1) is 11.3 Å². The van der Waals surface area contributed by atoms with Crippen LogP contribution in [0.3, 0.4) is 0 Å². The highest BCUT2D eigenvalue weighted by Crippen LogP contribution is 2.38. The second-order valence-corrected chi connectivity index (χ2v) is 10.3. The van der Waals surface area contributed by atoms with Crippen LogP contribution in [0.2, 0.25) is 0 Å². The Balaban J connectivity index is 1.66. The fraction of sp³-hybridized carbons (Fsp3) is 0.0455. The highest BCUT2D eigenvalue weighted by molar-refractivity contribution is 7.89. The van der Waals surface area contributed by atoms with Gasteiger partial charge in [-0.25, -0.2) is 18.5 Å². The molecule has 3 aromatic heterocycles. The van der Waals surface area contributed by atoms with Crippen molar-refractivity contribution in [2.45, 2.75) is 11.8 Å². The molecule has 1 aromatic carbocycles. The van der Waals surface area contributed by atoms with Crippen LogP contribution >= 0.6 is 22.7 Å². The molecule has 0 spiro atoms. The summed E-state index contributed by atoms with van der Waals surface area (Å²) >= 11 is 2.69. The maximum Gasteiger partial charge on any atom is 0.238 e. The molecule has 3 heterocycles. The Labute approximate surface area is 197 Å². The number of aromatic nitrogens is 1. The summed E-state index contributed by atoms with van der Waals surface area (Å²) in [5, 5.41) is 20.6. The zero-order valence-electron chi connectivity index (χ0n) is 17.1. The number of nitrogens with one attached hydrogen (secondary N) is 1. The first-order valence-electron chi connectivity index (χ1n) is 9.42. The standard InChI is InChI=1S/C22H16N4O4S3/c1-13(27)25-22-20(19-3-2-10-31-19)26-21(32-22)15(12-23)11-16-6-9-18(30-16)14-4-7-17(8-5-14)33(24,28)29/h2-11H,1H3,(H,25,27)(H2,24,28,29). The molecule has 0 atom stereocenters. The molecule has 11 heteroatoms. The molecule has 0 aliphatic carbocycles. The first kappa shape index (κ1) is 22.6. The van der Waals surface area contributed by atoms with Crippen molar-refractivity contribution < 1.29 is 17.6 Å². The van der Waals surface area contributed by atoms with E-state index in [0.717, 1.165) is 4.88 Å². The number of nitrogens with zero attached hydrogens (tertiary/aromatic N) is 2. The van der Waals surface area contributed by atoms with Crippen LogP contribution in [0.15, 0.2) is 63.2 Å². The zero-order chi connectivity index (χ0) is 23.6. The van der Waals surface area contributed by atoms with Gasteiger partial charge in [-0.1, -0.05) is 17.4 Å². The maximum atomic E-state index is 11.6. The van der Waals surface area contributed by atoms with Gasteiger partial charge >= 0.3 is 0 Å². The van der Waals surface area contributed by atoms with Gasteiger partial charge in [0.1, 0.15) is 33.3 Å². The number of furan rings is 1. The summed E-state index contributed by atoms with van der Waals surface area (Å²) in [6, 6.07) is 15.3. The Bertz CT molecular complexity index is 1490. The minimum Gasteiger partial charge on any atom is -0.457 e. The number of sulfonamides is 1. The number of carbonyl (C=O) groups excluding carboxylic acids is 1. The van der Waals surface area contributed by atoms with Gasteiger partial charge < -0.3 is 9.73 Å². The minimum absolute atomic E-state index is 0.00461. The fourth-order valence-electron chi connectivity index (χ4n) is 2.94. The van der Waals surface area contributed by atoms with Gasteiger partial charge in [-0.2, -0.15) is 5.26 Å². The SMILES string of the molecule is CC(=O)Nc1sc(C(C#N)=Cc2ccc(-c3ccc(S(N)(=O)=O)cc3)o2)nc1-c1cccs1. The summed E-state index contributed by atoms with van der Waals surface area (Å²) in [5.41, 5.74) is 1.54. The summed E-state index contributed by atoms with van der Waals surface area (Å²) in [6.45, 7) is 1.42. The van der Waals surface area contributed by atoms with E-state index in [0.29, 0.717) is 32.8 Å². The van der Waals surface area contributed by atoms with E-state index in [1.165, 1.54) is 41.7 Å². The molecule has 0 fully saturated rings. The topological polar surface area (TPSA) is 139 Å². The molecule has 33 heavy (non-hydrogen) atoms. The number of benzene rings is 1. The molecule has 3 N–H and O–H groups in total. The van der Waals surface area contributed by atoms with E-state index in [4.69, 9.17) is 9.56 Å². The number of thiazole rings is 1. The largest absolute Gasteiger partial charge is 0.457 e. The number of anilines is 1. The molecule has 4 rings (SSSR count). The van der Waals surface area contributed by atoms with Crippen molar-refractivity contribution in [3.8, 4) is 28.0 Å². The number of nitriles is 1. The maximum absolute atomic E-state index is 11.6. The van der Waals surface area contributed by atoms with Crippen LogP contribution in [-0.4, -0.2) is 19.3 Å². The Morgan fingerprint density at radius 2 is 1.97 bits per heavy atom. The number of carbonyl (C=O) groups is 1. The number of thiophene rings is 1. The van der Waals surface area contributed by atoms with Gasteiger partial charge in [0.05, 0.1) is 15.3 Å². The van der Waals surface area contributed by atoms with E-state index in [2.05, 4.69) is 16.4 Å². The van der Waals surface area contributed by atoms with Crippen molar-refractivity contribution >= 4 is 55.3 Å². The number of nitrogens with two attached hydrogens (primary N) is 1. The van der Waals surface area contributed by atoms with Crippen molar-refractivity contribution in [3.05, 3.63) is 64.7 Å². The van der Waals surface area contributed by atoms with Crippen molar-refractivity contribution in [3.63, 3.8) is 0 Å². The summed E-state index contributed by atoms with van der Waals surface area (Å²) in [7, 11) is -3.78. The molecule has 4 aromatic rings. The van der Waals surface area contributed by atoms with Crippen LogP contribution in [0.25, 0.3) is 33.5 Å². The Morgan fingerprint density at radius 1 is 1.21 bits per heavy atom. The lowest BCUT2D eigenvalue weighted by atomic mass is 10.2. The number of rotatable bonds is 6. The molecule has 0 bridgehead atoms. The van der Waals surface area contributed by atoms with Gasteiger partial charge in [0.15, 0.2) is 0 Å². The van der Waals surface area contributed by atoms with E-state index >= 15 is 0 Å². The molecule has 8 nitrogen and oxygen atoms in total. The van der Waals surface area contributed by atoms with Gasteiger partial charge in [-0.3, -0.25) is 4.79 Å². The summed E-state index contributed by atoms with van der Waals surface area (Å²) in [5.74, 6) is 0.692. The van der Waals surface area contributed by atoms with Crippen molar-refractivity contribution in [2.24, 2.45) is 5.14 Å². The lowest BCUT2D eigenvalue weighted by Gasteiger charge is -2.00. The Kier molecular flexibility index (Phi) is 6.26. The average Bonchev–Trinajstić information content (AvgIpc) is 3.52. The van der Waals surface area contributed by atoms with Crippen LogP contribution in [0.1, 0.15) is 17.7 Å². The van der Waals surface area contributed by atoms with Crippen molar-refractivity contribution in [1.29, 1.82) is 5.26 Å². The molecule has 166 valence electrons. The van der Waals surface area contributed by atoms with Gasteiger partial charge in [0.2, 0.25) is 15.9 Å². The molecule has 0 aliphatic heterocycles. The van der Waals surface area contributed by atoms with Gasteiger partial charge in [-0.15, -0.1) is 11.3 Å². The smallest absolute Gasteiger partial charge is 0.238 e. The summed E-state index contributed by atoms with van der Waals surface area (Å²) in [4.78, 5) is 17.1. The molecule has 1 amide bonds. The molecule has 0 aliphatic rings. The van der Waals surface area contributed by atoms with E-state index in [1.807, 2.05) is 17.5 Å². The van der Waals surface area contributed by atoms with Crippen LogP contribution in [0.4, 0.5) is 5.00 Å². The minimum atomic E-state index is -3.78. The number of allylic oxidation sites excluding steroid dienone is 1. The van der Waals surface area contributed by atoms with E-state index < -0.39 is 10.0 Å².